The molecular formula is C44H44F4K2N4O2. The molecule has 0 saturated heterocycles. The fourth-order valence-corrected chi connectivity index (χ4v) is 6.78. The number of aromatic amines is 2. The summed E-state index contributed by atoms with van der Waals surface area (Å²) in [6, 6.07) is 21.5. The molecule has 0 aliphatic carbocycles. The van der Waals surface area contributed by atoms with Gasteiger partial charge in [0.1, 0.15) is 23.3 Å². The number of nitrogens with zero attached hydrogens (tertiary/aromatic N) is 2. The molecule has 2 unspecified atom stereocenters. The Morgan fingerprint density at radius 2 is 1.14 bits per heavy atom. The van der Waals surface area contributed by atoms with Crippen LogP contribution in [0.3, 0.4) is 0 Å². The first kappa shape index (κ1) is 45.0. The van der Waals surface area contributed by atoms with E-state index in [4.69, 9.17) is 19.4 Å². The van der Waals surface area contributed by atoms with Crippen molar-refractivity contribution in [2.45, 2.75) is 64.6 Å². The van der Waals surface area contributed by atoms with Crippen molar-refractivity contribution >= 4 is 149 Å². The molecule has 2 aliphatic heterocycles. The molecular weight excluding hydrogens is 771 g/mol. The number of hydrogen-bond acceptors (Lipinski definition) is 4. The summed E-state index contributed by atoms with van der Waals surface area (Å²) < 4.78 is 67.4. The molecule has 282 valence electrons. The first-order valence-electron chi connectivity index (χ1n) is 18.4. The molecule has 0 radical (unpaired) electrons. The summed E-state index contributed by atoms with van der Waals surface area (Å²) >= 11 is 0. The van der Waals surface area contributed by atoms with E-state index in [9.17, 15) is 17.6 Å². The van der Waals surface area contributed by atoms with Gasteiger partial charge >= 0.3 is 103 Å². The third kappa shape index (κ3) is 12.0. The van der Waals surface area contributed by atoms with Gasteiger partial charge in [0, 0.05) is 58.5 Å². The average Bonchev–Trinajstić information content (AvgIpc) is 3.94. The molecule has 2 aromatic carbocycles. The summed E-state index contributed by atoms with van der Waals surface area (Å²) in [6.07, 6.45) is 9.30. The van der Waals surface area contributed by atoms with Crippen molar-refractivity contribution in [3.05, 3.63) is 142 Å². The molecule has 3 aromatic heterocycles. The Bertz CT molecular complexity index is 2370. The van der Waals surface area contributed by atoms with Crippen LogP contribution in [-0.4, -0.2) is 142 Å². The molecule has 56 heavy (non-hydrogen) atoms. The minimum absolute atomic E-state index is 0. The van der Waals surface area contributed by atoms with Gasteiger partial charge in [-0.25, -0.2) is 27.5 Å². The molecule has 0 spiro atoms. The molecule has 5 heterocycles. The molecule has 2 atom stereocenters. The first-order valence-corrected chi connectivity index (χ1v) is 18.4. The Morgan fingerprint density at radius 3 is 1.75 bits per heavy atom. The van der Waals surface area contributed by atoms with Crippen LogP contribution in [0.2, 0.25) is 0 Å². The van der Waals surface area contributed by atoms with Crippen LogP contribution in [0.1, 0.15) is 85.1 Å². The average molecular weight is 815 g/mol. The second-order valence-corrected chi connectivity index (χ2v) is 13.8. The zero-order valence-electron chi connectivity index (χ0n) is 30.3. The number of rotatable bonds is 14. The normalized spacial score (nSPS) is 13.1. The molecule has 2 N–H and O–H groups in total. The van der Waals surface area contributed by atoms with Crippen LogP contribution in [0.15, 0.2) is 78.9 Å². The summed E-state index contributed by atoms with van der Waals surface area (Å²) in [5, 5.41) is 0. The van der Waals surface area contributed by atoms with E-state index >= 15 is 0 Å². The summed E-state index contributed by atoms with van der Waals surface area (Å²) in [5.74, 6) is -2.20. The van der Waals surface area contributed by atoms with Gasteiger partial charge in [-0.2, -0.15) is 0 Å². The Labute approximate surface area is 409 Å². The van der Waals surface area contributed by atoms with Crippen LogP contribution < -0.4 is 0 Å². The molecule has 7 rings (SSSR count). The number of benzene rings is 2. The minimum atomic E-state index is -0.578. The predicted molar refractivity (Wildman–Crippen MR) is 220 cm³/mol. The molecule has 12 heteroatoms. The number of nitrogens with one attached hydrogen (secondary N) is 2. The van der Waals surface area contributed by atoms with E-state index in [0.29, 0.717) is 62.9 Å². The number of H-pyrrole nitrogens is 2. The van der Waals surface area contributed by atoms with Crippen molar-refractivity contribution in [2.24, 2.45) is 0 Å². The van der Waals surface area contributed by atoms with Crippen molar-refractivity contribution < 1.29 is 27.0 Å². The number of halogens is 4. The number of aryl methyl sites for hydroxylation is 2. The zero-order valence-corrected chi connectivity index (χ0v) is 30.3. The first-order chi connectivity index (χ1) is 26.2. The van der Waals surface area contributed by atoms with Crippen LogP contribution in [0.5, 0.6) is 0 Å². The van der Waals surface area contributed by atoms with E-state index in [0.717, 1.165) is 68.1 Å². The fraction of sp³-hybridized carbons (Fsp3) is 0.273. The molecule has 0 fully saturated rings. The Morgan fingerprint density at radius 1 is 0.571 bits per heavy atom. The van der Waals surface area contributed by atoms with E-state index in [1.54, 1.807) is 0 Å². The topological polar surface area (TPSA) is 75.8 Å². The van der Waals surface area contributed by atoms with Crippen molar-refractivity contribution in [1.29, 1.82) is 0 Å². The quantitative estimate of drug-likeness (QED) is 0.0653. The predicted octanol–water partition coefficient (Wildman–Crippen LogP) is 9.81. The molecule has 0 saturated carbocycles. The second-order valence-electron chi connectivity index (χ2n) is 13.8. The van der Waals surface area contributed by atoms with Crippen LogP contribution in [-0.2, 0) is 22.3 Å². The van der Waals surface area contributed by atoms with E-state index in [1.807, 2.05) is 68.5 Å². The van der Waals surface area contributed by atoms with E-state index in [1.165, 1.54) is 24.3 Å². The Hall–Kier alpha value is -2.05. The summed E-state index contributed by atoms with van der Waals surface area (Å²) in [6.45, 7) is 4.95. The van der Waals surface area contributed by atoms with E-state index in [2.05, 4.69) is 16.0 Å². The van der Waals surface area contributed by atoms with Crippen molar-refractivity contribution in [3.8, 4) is 0 Å². The van der Waals surface area contributed by atoms with Crippen molar-refractivity contribution in [1.82, 2.24) is 19.9 Å². The van der Waals surface area contributed by atoms with Gasteiger partial charge in [-0.05, 0) is 136 Å². The second kappa shape index (κ2) is 21.3. The van der Waals surface area contributed by atoms with Crippen LogP contribution in [0, 0.1) is 23.3 Å². The van der Waals surface area contributed by atoms with Gasteiger partial charge in [0.15, 0.2) is 0 Å². The van der Waals surface area contributed by atoms with E-state index in [-0.39, 0.29) is 115 Å². The fourth-order valence-electron chi connectivity index (χ4n) is 6.78. The molecule has 8 bridgehead atoms. The van der Waals surface area contributed by atoms with Gasteiger partial charge < -0.3 is 19.4 Å². The van der Waals surface area contributed by atoms with Gasteiger partial charge in [0.05, 0.1) is 35.0 Å². The van der Waals surface area contributed by atoms with Gasteiger partial charge in [0.2, 0.25) is 0 Å². The van der Waals surface area contributed by atoms with Crippen molar-refractivity contribution in [2.75, 3.05) is 13.2 Å². The molecule has 5 aromatic rings. The van der Waals surface area contributed by atoms with Gasteiger partial charge in [0.25, 0.3) is 0 Å². The Kier molecular flexibility index (Phi) is 17.1. The van der Waals surface area contributed by atoms with E-state index < -0.39 is 23.3 Å². The number of fused-ring (bicyclic) bond motifs is 8. The summed E-state index contributed by atoms with van der Waals surface area (Å²) in [5.41, 5.74) is 9.58. The third-order valence-corrected chi connectivity index (χ3v) is 9.68. The van der Waals surface area contributed by atoms with Crippen LogP contribution >= 0.6 is 0 Å². The maximum atomic E-state index is 14.1. The van der Waals surface area contributed by atoms with Crippen LogP contribution in [0.4, 0.5) is 17.6 Å². The van der Waals surface area contributed by atoms with Gasteiger partial charge in [-0.3, -0.25) is 0 Å². The summed E-state index contributed by atoms with van der Waals surface area (Å²) in [7, 11) is 0. The number of unbranched alkanes of at least 4 members (excludes halogenated alkanes) is 2. The monoisotopic (exact) mass is 814 g/mol. The van der Waals surface area contributed by atoms with Gasteiger partial charge in [-0.1, -0.05) is 12.1 Å². The van der Waals surface area contributed by atoms with Gasteiger partial charge in [-0.15, -0.1) is 0 Å². The van der Waals surface area contributed by atoms with Crippen LogP contribution in [0.25, 0.3) is 45.9 Å². The zero-order chi connectivity index (χ0) is 37.6. The number of hydrogen-bond donors (Lipinski definition) is 2. The number of ether oxygens (including phenoxy) is 2. The van der Waals surface area contributed by atoms with Crippen molar-refractivity contribution in [3.63, 3.8) is 0 Å². The number of aromatic nitrogens is 4. The third-order valence-electron chi connectivity index (χ3n) is 9.68. The molecule has 6 nitrogen and oxygen atoms in total. The summed E-state index contributed by atoms with van der Waals surface area (Å²) in [4.78, 5) is 16.8. The Balaban J connectivity index is 0.00000300. The standard InChI is InChI=1S/C44H42F4N4O2.2K.2H/c1-27(53-17-5-3-7-29-9-11-31(45)19-41(29)47)39-23-37-22-35-14-13-33(49-35)21-34-15-16-36(50-34)25-43-40(24-38(52-43)26-44(39)51-37)28(2)54-18-6-4-8-30-10-12-32(46)20-42(30)48;;;;/h9-16,19-28,50-51H,3-8,17-18H2,1-2H3;;;;. The SMILES string of the molecule is CC(OCCCCc1ccc(F)cc1F)C1=Cc2cc3[nH]c(cc4nc(cc5ccc(cc1n2)[nH]5)C=C4)cc3C(C)OCCCCc1ccc(F)cc1F.[KH].[KH]. The maximum absolute atomic E-state index is 14.1. The molecule has 2 aliphatic rings. The molecule has 0 amide bonds.